The predicted molar refractivity (Wildman–Crippen MR) is 138 cm³/mol. The van der Waals surface area contributed by atoms with E-state index in [4.69, 9.17) is 24.3 Å². The van der Waals surface area contributed by atoms with Crippen molar-refractivity contribution in [2.75, 3.05) is 49.8 Å². The maximum absolute atomic E-state index is 13.0. The van der Waals surface area contributed by atoms with Gasteiger partial charge in [-0.3, -0.25) is 4.79 Å². The number of imidazole rings is 1. The van der Waals surface area contributed by atoms with Crippen LogP contribution in [0.5, 0.6) is 5.75 Å². The Morgan fingerprint density at radius 2 is 1.89 bits per heavy atom. The van der Waals surface area contributed by atoms with Gasteiger partial charge >= 0.3 is 5.97 Å². The summed E-state index contributed by atoms with van der Waals surface area (Å²) in [5, 5.41) is 5.00. The molecule has 0 radical (unpaired) electrons. The smallest absolute Gasteiger partial charge is 0.326 e. The van der Waals surface area contributed by atoms with Crippen LogP contribution in [0.15, 0.2) is 36.5 Å². The van der Waals surface area contributed by atoms with Gasteiger partial charge in [-0.2, -0.15) is 0 Å². The first kappa shape index (κ1) is 24.4. The van der Waals surface area contributed by atoms with E-state index in [1.165, 1.54) is 0 Å². The number of carbonyl (C=O) groups excluding carboxylic acids is 1. The Morgan fingerprint density at radius 3 is 2.53 bits per heavy atom. The van der Waals surface area contributed by atoms with Crippen LogP contribution in [-0.4, -0.2) is 66.1 Å². The van der Waals surface area contributed by atoms with Crippen molar-refractivity contribution in [2.45, 2.75) is 51.7 Å². The van der Waals surface area contributed by atoms with Crippen LogP contribution in [0.1, 0.15) is 50.8 Å². The number of anilines is 2. The fourth-order valence-electron chi connectivity index (χ4n) is 4.50. The molecule has 9 heteroatoms. The van der Waals surface area contributed by atoms with Gasteiger partial charge in [-0.1, -0.05) is 12.1 Å². The number of benzene rings is 1. The van der Waals surface area contributed by atoms with Crippen molar-refractivity contribution in [3.63, 3.8) is 0 Å². The Kier molecular flexibility index (Phi) is 6.75. The summed E-state index contributed by atoms with van der Waals surface area (Å²) in [5.74, 6) is 1.86. The van der Waals surface area contributed by atoms with Gasteiger partial charge in [0.1, 0.15) is 17.9 Å². The van der Waals surface area contributed by atoms with Gasteiger partial charge in [0.25, 0.3) is 0 Å². The number of morpholine rings is 1. The van der Waals surface area contributed by atoms with Gasteiger partial charge in [-0.25, -0.2) is 9.50 Å². The fourth-order valence-corrected chi connectivity index (χ4v) is 4.50. The third kappa shape index (κ3) is 5.56. The van der Waals surface area contributed by atoms with Crippen LogP contribution >= 0.6 is 0 Å². The molecule has 1 saturated heterocycles. The first-order valence-electron chi connectivity index (χ1n) is 12.6. The summed E-state index contributed by atoms with van der Waals surface area (Å²) >= 11 is 0. The molecule has 9 nitrogen and oxygen atoms in total. The van der Waals surface area contributed by atoms with E-state index in [-0.39, 0.29) is 12.5 Å². The number of rotatable bonds is 8. The predicted octanol–water partition coefficient (Wildman–Crippen LogP) is 3.80. The first-order chi connectivity index (χ1) is 17.3. The zero-order chi connectivity index (χ0) is 25.3. The second kappa shape index (κ2) is 9.97. The molecule has 3 aromatic rings. The molecule has 0 spiro atoms. The second-order valence-electron chi connectivity index (χ2n) is 10.5. The van der Waals surface area contributed by atoms with Gasteiger partial charge < -0.3 is 24.0 Å². The maximum atomic E-state index is 13.0. The van der Waals surface area contributed by atoms with E-state index in [9.17, 15) is 4.79 Å². The van der Waals surface area contributed by atoms with Crippen LogP contribution in [0.3, 0.4) is 0 Å². The molecule has 5 rings (SSSR count). The van der Waals surface area contributed by atoms with E-state index in [1.807, 2.05) is 60.6 Å². The number of fused-ring (bicyclic) bond motifs is 1. The summed E-state index contributed by atoms with van der Waals surface area (Å²) < 4.78 is 18.6. The zero-order valence-electron chi connectivity index (χ0n) is 21.6. The maximum Gasteiger partial charge on any atom is 0.326 e. The number of esters is 1. The Morgan fingerprint density at radius 1 is 1.17 bits per heavy atom. The van der Waals surface area contributed by atoms with Gasteiger partial charge in [0.05, 0.1) is 37.9 Å². The minimum absolute atomic E-state index is 0.0944. The lowest BCUT2D eigenvalue weighted by molar-refractivity contribution is -0.153. The van der Waals surface area contributed by atoms with Crippen molar-refractivity contribution >= 4 is 23.1 Å². The molecule has 1 aliphatic heterocycles. The molecule has 0 amide bonds. The Bertz CT molecular complexity index is 1210. The van der Waals surface area contributed by atoms with Crippen molar-refractivity contribution < 1.29 is 19.0 Å². The highest BCUT2D eigenvalue weighted by Crippen LogP contribution is 2.41. The molecule has 1 aliphatic carbocycles. The number of aromatic nitrogens is 3. The molecule has 2 aliphatic rings. The van der Waals surface area contributed by atoms with Gasteiger partial charge in [-0.15, -0.1) is 5.10 Å². The molecular formula is C27H35N5O4. The van der Waals surface area contributed by atoms with Crippen LogP contribution in [0.4, 0.5) is 11.5 Å². The summed E-state index contributed by atoms with van der Waals surface area (Å²) in [6, 6.07) is 9.96. The van der Waals surface area contributed by atoms with Crippen molar-refractivity contribution in [2.24, 2.45) is 0 Å². The normalized spacial score (nSPS) is 16.3. The molecule has 1 aromatic carbocycles. The molecule has 192 valence electrons. The van der Waals surface area contributed by atoms with Crippen LogP contribution in [0, 0.1) is 0 Å². The lowest BCUT2D eigenvalue weighted by Gasteiger charge is -2.30. The van der Waals surface area contributed by atoms with E-state index in [0.29, 0.717) is 25.7 Å². The number of hydrogen-bond donors (Lipinski definition) is 0. The highest BCUT2D eigenvalue weighted by molar-refractivity contribution is 5.81. The molecule has 0 unspecified atom stereocenters. The molecule has 2 aromatic heterocycles. The van der Waals surface area contributed by atoms with Crippen LogP contribution in [0.25, 0.3) is 5.65 Å². The van der Waals surface area contributed by atoms with E-state index in [0.717, 1.165) is 60.1 Å². The summed E-state index contributed by atoms with van der Waals surface area (Å²) in [7, 11) is 1.65. The average molecular weight is 494 g/mol. The summed E-state index contributed by atoms with van der Waals surface area (Å²) in [5.41, 5.74) is 3.23. The Hall–Kier alpha value is -3.33. The van der Waals surface area contributed by atoms with Crippen LogP contribution < -0.4 is 14.5 Å². The van der Waals surface area contributed by atoms with Crippen molar-refractivity contribution in [3.05, 3.63) is 47.8 Å². The second-order valence-corrected chi connectivity index (χ2v) is 10.5. The Balaban J connectivity index is 1.56. The summed E-state index contributed by atoms with van der Waals surface area (Å²) in [6.45, 7) is 9.15. The highest BCUT2D eigenvalue weighted by Gasteiger charge is 2.30. The van der Waals surface area contributed by atoms with Crippen molar-refractivity contribution in [1.29, 1.82) is 0 Å². The van der Waals surface area contributed by atoms with E-state index in [1.54, 1.807) is 7.11 Å². The standard InChI is InChI=1S/C27H35N5O4/c1-27(2,3)36-25(33)18-31(17-19-5-9-21(34-4)10-6-19)22-15-24(30-11-13-35-14-12-30)29-32-23(20-7-8-20)16-28-26(22)32/h5-6,9-10,15-16,20H,7-8,11-14,17-18H2,1-4H3. The van der Waals surface area contributed by atoms with Crippen LogP contribution in [0.2, 0.25) is 0 Å². The topological polar surface area (TPSA) is 81.4 Å². The van der Waals surface area contributed by atoms with E-state index >= 15 is 0 Å². The van der Waals surface area contributed by atoms with Gasteiger partial charge in [0.2, 0.25) is 0 Å². The molecule has 0 atom stereocenters. The quantitative estimate of drug-likeness (QED) is 0.439. The molecule has 0 bridgehead atoms. The van der Waals surface area contributed by atoms with E-state index < -0.39 is 5.60 Å². The molecule has 3 heterocycles. The average Bonchev–Trinajstić information content (AvgIpc) is 3.61. The SMILES string of the molecule is COc1ccc(CN(CC(=O)OC(C)(C)C)c2cc(N3CCOCC3)nn3c(C4CC4)cnc23)cc1. The largest absolute Gasteiger partial charge is 0.497 e. The van der Waals surface area contributed by atoms with Gasteiger partial charge in [-0.05, 0) is 51.3 Å². The molecule has 1 saturated carbocycles. The summed E-state index contributed by atoms with van der Waals surface area (Å²) in [4.78, 5) is 22.1. The monoisotopic (exact) mass is 493 g/mol. The molecule has 2 fully saturated rings. The number of hydrogen-bond acceptors (Lipinski definition) is 8. The summed E-state index contributed by atoms with van der Waals surface area (Å²) in [6.07, 6.45) is 4.24. The minimum Gasteiger partial charge on any atom is -0.497 e. The molecule has 0 N–H and O–H groups in total. The lowest BCUT2D eigenvalue weighted by Crippen LogP contribution is -2.38. The van der Waals surface area contributed by atoms with Gasteiger partial charge in [0, 0.05) is 31.6 Å². The molecule has 36 heavy (non-hydrogen) atoms. The molecular weight excluding hydrogens is 458 g/mol. The highest BCUT2D eigenvalue weighted by atomic mass is 16.6. The minimum atomic E-state index is -0.568. The first-order valence-corrected chi connectivity index (χ1v) is 12.6. The number of nitrogens with zero attached hydrogens (tertiary/aromatic N) is 5. The van der Waals surface area contributed by atoms with Crippen LogP contribution in [-0.2, 0) is 20.8 Å². The third-order valence-electron chi connectivity index (χ3n) is 6.41. The number of ether oxygens (including phenoxy) is 3. The Labute approximate surface area is 211 Å². The van der Waals surface area contributed by atoms with E-state index in [2.05, 4.69) is 11.0 Å². The van der Waals surface area contributed by atoms with Crippen molar-refractivity contribution in [1.82, 2.24) is 14.6 Å². The van der Waals surface area contributed by atoms with Gasteiger partial charge in [0.15, 0.2) is 11.5 Å². The zero-order valence-corrected chi connectivity index (χ0v) is 21.6. The van der Waals surface area contributed by atoms with Crippen molar-refractivity contribution in [3.8, 4) is 5.75 Å². The fraction of sp³-hybridized carbons (Fsp3) is 0.519. The lowest BCUT2D eigenvalue weighted by atomic mass is 10.2. The number of carbonyl (C=O) groups is 1. The third-order valence-corrected chi connectivity index (χ3v) is 6.41. The number of methoxy groups -OCH3 is 1.